The molecule has 2 atom stereocenters. The van der Waals surface area contributed by atoms with Gasteiger partial charge in [-0.2, -0.15) is 17.5 Å². The van der Waals surface area contributed by atoms with Crippen LogP contribution in [0.5, 0.6) is 0 Å². The van der Waals surface area contributed by atoms with Crippen LogP contribution < -0.4 is 10.2 Å². The van der Waals surface area contributed by atoms with Crippen molar-refractivity contribution in [3.63, 3.8) is 0 Å². The first-order chi connectivity index (χ1) is 19.4. The fraction of sp³-hybridized carbons (Fsp3) is 0.379. The zero-order valence-electron chi connectivity index (χ0n) is 22.4. The van der Waals surface area contributed by atoms with E-state index in [1.54, 1.807) is 6.07 Å². The van der Waals surface area contributed by atoms with E-state index >= 15 is 0 Å². The quantitative estimate of drug-likeness (QED) is 0.375. The molecule has 3 aromatic rings. The monoisotopic (exact) mass is 590 g/mol. The maximum absolute atomic E-state index is 13.3. The fourth-order valence-corrected chi connectivity index (χ4v) is 7.07. The topological polar surface area (TPSA) is 82.6 Å². The first-order valence-electron chi connectivity index (χ1n) is 13.4. The summed E-state index contributed by atoms with van der Waals surface area (Å²) >= 11 is 0. The minimum atomic E-state index is -4.45. The molecular weight excluding hydrogens is 560 g/mol. The van der Waals surface area contributed by atoms with Crippen molar-refractivity contribution in [3.05, 3.63) is 77.6 Å². The number of nitrogens with one attached hydrogen (secondary N) is 1. The summed E-state index contributed by atoms with van der Waals surface area (Å²) in [6, 6.07) is 12.1. The second-order valence-corrected chi connectivity index (χ2v) is 12.3. The summed E-state index contributed by atoms with van der Waals surface area (Å²) in [7, 11) is -4.00. The summed E-state index contributed by atoms with van der Waals surface area (Å²) in [5.74, 6) is -0.356. The van der Waals surface area contributed by atoms with Crippen molar-refractivity contribution < 1.29 is 30.8 Å². The molecular formula is C29H30F4N4O3S. The molecule has 1 unspecified atom stereocenters. The van der Waals surface area contributed by atoms with E-state index in [-0.39, 0.29) is 24.0 Å². The van der Waals surface area contributed by atoms with Crippen LogP contribution in [-0.4, -0.2) is 48.8 Å². The SMILES string of the molecule is CC1CCCN1c1cc(CNC(=O)[C@@H]2CCCN2S(=O)(=O)c2ccc(F)cc2)cc(-c2ccc(C(F)(F)F)cc2)n1. The standard InChI is InChI=1S/C29H30F4N4O3S/c1-19-4-2-14-36(19)27-17-20(16-25(35-27)21-6-8-22(9-7-21)29(31,32)33)18-34-28(38)26-5-3-15-37(26)41(39,40)24-12-10-23(30)11-13-24/h6-13,16-17,19,26H,2-5,14-15,18H2,1H3,(H,34,38)/t19?,26-/m0/s1. The van der Waals surface area contributed by atoms with Crippen LogP contribution in [-0.2, 0) is 27.5 Å². The van der Waals surface area contributed by atoms with E-state index in [0.29, 0.717) is 35.5 Å². The van der Waals surface area contributed by atoms with Crippen LogP contribution in [0.25, 0.3) is 11.3 Å². The Hall–Kier alpha value is -3.51. The summed E-state index contributed by atoms with van der Waals surface area (Å²) in [6.07, 6.45) is -1.64. The minimum Gasteiger partial charge on any atom is -0.354 e. The zero-order chi connectivity index (χ0) is 29.4. The number of anilines is 1. The van der Waals surface area contributed by atoms with Gasteiger partial charge < -0.3 is 10.2 Å². The smallest absolute Gasteiger partial charge is 0.354 e. The van der Waals surface area contributed by atoms with Crippen molar-refractivity contribution in [2.24, 2.45) is 0 Å². The van der Waals surface area contributed by atoms with Crippen molar-refractivity contribution in [1.29, 1.82) is 0 Å². The van der Waals surface area contributed by atoms with Gasteiger partial charge in [0.05, 0.1) is 16.2 Å². The first kappa shape index (κ1) is 29.0. The van der Waals surface area contributed by atoms with Crippen molar-refractivity contribution in [3.8, 4) is 11.3 Å². The predicted molar refractivity (Wildman–Crippen MR) is 146 cm³/mol. The van der Waals surface area contributed by atoms with Crippen LogP contribution in [0.1, 0.15) is 43.7 Å². The molecule has 7 nitrogen and oxygen atoms in total. The number of hydrogen-bond donors (Lipinski definition) is 1. The predicted octanol–water partition coefficient (Wildman–Crippen LogP) is 5.36. The summed E-state index contributed by atoms with van der Waals surface area (Å²) in [5, 5.41) is 2.84. The number of benzene rings is 2. The average Bonchev–Trinajstić information content (AvgIpc) is 3.61. The van der Waals surface area contributed by atoms with Gasteiger partial charge in [0.15, 0.2) is 0 Å². The highest BCUT2D eigenvalue weighted by Crippen LogP contribution is 2.33. The van der Waals surface area contributed by atoms with Gasteiger partial charge in [0, 0.05) is 31.2 Å². The van der Waals surface area contributed by atoms with Gasteiger partial charge in [-0.3, -0.25) is 4.79 Å². The van der Waals surface area contributed by atoms with Gasteiger partial charge in [-0.25, -0.2) is 17.8 Å². The number of halogens is 4. The molecule has 2 saturated heterocycles. The van der Waals surface area contributed by atoms with Crippen molar-refractivity contribution in [2.75, 3.05) is 18.0 Å². The Morgan fingerprint density at radius 1 is 1.00 bits per heavy atom. The number of alkyl halides is 3. The maximum Gasteiger partial charge on any atom is 0.416 e. The van der Waals surface area contributed by atoms with Gasteiger partial charge in [0.2, 0.25) is 15.9 Å². The van der Waals surface area contributed by atoms with Gasteiger partial charge in [0.25, 0.3) is 0 Å². The molecule has 2 aliphatic heterocycles. The number of sulfonamides is 1. The highest BCUT2D eigenvalue weighted by atomic mass is 32.2. The van der Waals surface area contributed by atoms with Gasteiger partial charge in [-0.1, -0.05) is 12.1 Å². The number of carbonyl (C=O) groups is 1. The average molecular weight is 591 g/mol. The van der Waals surface area contributed by atoms with E-state index in [1.165, 1.54) is 24.3 Å². The molecule has 0 radical (unpaired) electrons. The van der Waals surface area contributed by atoms with Crippen molar-refractivity contribution in [1.82, 2.24) is 14.6 Å². The molecule has 3 heterocycles. The molecule has 0 saturated carbocycles. The molecule has 0 bridgehead atoms. The Labute approximate surface area is 236 Å². The number of hydrogen-bond acceptors (Lipinski definition) is 5. The van der Waals surface area contributed by atoms with E-state index in [9.17, 15) is 30.8 Å². The number of amides is 1. The summed E-state index contributed by atoms with van der Waals surface area (Å²) in [4.78, 5) is 20.0. The Morgan fingerprint density at radius 3 is 2.32 bits per heavy atom. The highest BCUT2D eigenvalue weighted by Gasteiger charge is 2.39. The lowest BCUT2D eigenvalue weighted by molar-refractivity contribution is -0.137. The van der Waals surface area contributed by atoms with Crippen molar-refractivity contribution in [2.45, 2.75) is 62.3 Å². The van der Waals surface area contributed by atoms with E-state index in [1.807, 2.05) is 6.07 Å². The van der Waals surface area contributed by atoms with Crippen LogP contribution in [0.2, 0.25) is 0 Å². The number of nitrogens with zero attached hydrogens (tertiary/aromatic N) is 3. The van der Waals surface area contributed by atoms with Gasteiger partial charge >= 0.3 is 6.18 Å². The Kier molecular flexibility index (Phi) is 8.06. The second kappa shape index (κ2) is 11.4. The molecule has 2 aliphatic rings. The summed E-state index contributed by atoms with van der Waals surface area (Å²) in [5.41, 5.74) is 0.908. The fourth-order valence-electron chi connectivity index (χ4n) is 5.41. The molecule has 2 fully saturated rings. The van der Waals surface area contributed by atoms with E-state index < -0.39 is 39.5 Å². The van der Waals surface area contributed by atoms with E-state index in [4.69, 9.17) is 4.98 Å². The summed E-state index contributed by atoms with van der Waals surface area (Å²) in [6.45, 7) is 3.11. The maximum atomic E-state index is 13.3. The van der Waals surface area contributed by atoms with Crippen LogP contribution in [0.4, 0.5) is 23.4 Å². The number of carbonyl (C=O) groups excluding carboxylic acids is 1. The number of pyridine rings is 1. The van der Waals surface area contributed by atoms with Crippen LogP contribution in [0, 0.1) is 5.82 Å². The van der Waals surface area contributed by atoms with Crippen LogP contribution in [0.15, 0.2) is 65.6 Å². The number of rotatable bonds is 7. The molecule has 0 spiro atoms. The van der Waals surface area contributed by atoms with Crippen LogP contribution >= 0.6 is 0 Å². The summed E-state index contributed by atoms with van der Waals surface area (Å²) < 4.78 is 80.1. The normalized spacial score (nSPS) is 20.0. The molecule has 218 valence electrons. The molecule has 2 aromatic carbocycles. The molecule has 41 heavy (non-hydrogen) atoms. The van der Waals surface area contributed by atoms with Gasteiger partial charge in [0.1, 0.15) is 17.7 Å². The van der Waals surface area contributed by atoms with Crippen LogP contribution in [0.3, 0.4) is 0 Å². The molecule has 1 amide bonds. The highest BCUT2D eigenvalue weighted by molar-refractivity contribution is 7.89. The molecule has 12 heteroatoms. The minimum absolute atomic E-state index is 0.0745. The zero-order valence-corrected chi connectivity index (χ0v) is 23.2. The third-order valence-electron chi connectivity index (χ3n) is 7.62. The van der Waals surface area contributed by atoms with Gasteiger partial charge in [-0.15, -0.1) is 0 Å². The largest absolute Gasteiger partial charge is 0.416 e. The van der Waals surface area contributed by atoms with Crippen molar-refractivity contribution >= 4 is 21.7 Å². The van der Waals surface area contributed by atoms with Gasteiger partial charge in [-0.05, 0) is 86.7 Å². The lowest BCUT2D eigenvalue weighted by Gasteiger charge is -2.25. The van der Waals surface area contributed by atoms with E-state index in [0.717, 1.165) is 48.0 Å². The Morgan fingerprint density at radius 2 is 1.68 bits per heavy atom. The number of aromatic nitrogens is 1. The lowest BCUT2D eigenvalue weighted by Crippen LogP contribution is -2.45. The first-order valence-corrected chi connectivity index (χ1v) is 14.9. The van der Waals surface area contributed by atoms with E-state index in [2.05, 4.69) is 17.1 Å². The Balaban J connectivity index is 1.37. The Bertz CT molecular complexity index is 1510. The molecule has 0 aliphatic carbocycles. The third-order valence-corrected chi connectivity index (χ3v) is 9.54. The molecule has 5 rings (SSSR count). The molecule has 1 N–H and O–H groups in total. The molecule has 1 aromatic heterocycles. The lowest BCUT2D eigenvalue weighted by atomic mass is 10.1. The third kappa shape index (κ3) is 6.23. The second-order valence-electron chi connectivity index (χ2n) is 10.4.